The summed E-state index contributed by atoms with van der Waals surface area (Å²) in [5.41, 5.74) is -4.45. The van der Waals surface area contributed by atoms with Crippen molar-refractivity contribution in [1.29, 1.82) is 5.26 Å². The number of rotatable bonds is 10. The van der Waals surface area contributed by atoms with Gasteiger partial charge in [-0.15, -0.1) is 0 Å². The van der Waals surface area contributed by atoms with E-state index >= 15 is 4.39 Å². The third-order valence-electron chi connectivity index (χ3n) is 13.0. The minimum Gasteiger partial charge on any atom is -0.404 e. The minimum absolute atomic E-state index is 0.0784. The van der Waals surface area contributed by atoms with Crippen LogP contribution in [0.4, 0.5) is 4.39 Å². The Morgan fingerprint density at radius 2 is 1.98 bits per heavy atom. The Kier molecular flexibility index (Phi) is 10.2. The van der Waals surface area contributed by atoms with Gasteiger partial charge in [0.15, 0.2) is 48.1 Å². The molecule has 5 aliphatic rings. The minimum atomic E-state index is -4.98. The maximum atomic E-state index is 17.8. The first-order valence-electron chi connectivity index (χ1n) is 19.0. The molecule has 2 aromatic rings. The highest BCUT2D eigenvalue weighted by Gasteiger charge is 2.79. The van der Waals surface area contributed by atoms with E-state index < -0.39 is 78.6 Å². The lowest BCUT2D eigenvalue weighted by atomic mass is 9.45. The summed E-state index contributed by atoms with van der Waals surface area (Å²) in [5, 5.41) is 35.6. The van der Waals surface area contributed by atoms with Gasteiger partial charge < -0.3 is 29.5 Å². The van der Waals surface area contributed by atoms with Gasteiger partial charge in [-0.05, 0) is 82.7 Å². The Balaban J connectivity index is 1.18. The average molecular weight is 795 g/mol. The molecular weight excluding hydrogens is 744 g/mol. The molecule has 0 amide bonds. The zero-order valence-electron chi connectivity index (χ0n) is 32.1. The standard InChI is InChI=1S/C41H49FN3O10P/c1-37(2,3)44-21-31(47)24-8-9-25(32(17-24)55-56(50,51)52)22-45-16-6-7-26(23-45)36-53-35-19-30-29-11-10-27-18-28(46)12-14-38(27,4)40(29,42)34(49)20-39(30,5)41(35,54-36)33(48)13-15-43/h6-10,12,14,16-17,23,29-31,34-36,44,47,49H,11,13,18-22H2,1-5H3,(H-,50,51,52)/p+1/t29?,30?,31?,34-,35+,36?,38-,39-,40-,41+/m0/s1. The molecule has 1 aliphatic heterocycles. The molecule has 0 bridgehead atoms. The van der Waals surface area contributed by atoms with Gasteiger partial charge in [0, 0.05) is 41.3 Å². The molecule has 0 spiro atoms. The van der Waals surface area contributed by atoms with Gasteiger partial charge in [0.05, 0.1) is 41.9 Å². The number of aliphatic hydroxyl groups excluding tert-OH is 2. The summed E-state index contributed by atoms with van der Waals surface area (Å²) in [4.78, 5) is 46.0. The maximum Gasteiger partial charge on any atom is 0.524 e. The van der Waals surface area contributed by atoms with Crippen molar-refractivity contribution in [2.75, 3.05) is 6.54 Å². The van der Waals surface area contributed by atoms with Crippen molar-refractivity contribution in [2.45, 2.75) is 115 Å². The number of phosphoric ester groups is 1. The number of β-amino-alcohol motifs (C(OH)–C–C–N with tert-alkyl or cyclic N) is 1. The highest BCUT2D eigenvalue weighted by atomic mass is 31.2. The zero-order valence-corrected chi connectivity index (χ0v) is 33.0. The number of carbonyl (C=O) groups is 2. The van der Waals surface area contributed by atoms with E-state index in [0.29, 0.717) is 22.3 Å². The second-order valence-corrected chi connectivity index (χ2v) is 18.6. The molecule has 1 aromatic heterocycles. The number of ketones is 2. The molecule has 10 atom stereocenters. The van der Waals surface area contributed by atoms with E-state index in [1.807, 2.05) is 39.8 Å². The third kappa shape index (κ3) is 6.60. The fourth-order valence-corrected chi connectivity index (χ4v) is 10.8. The molecule has 2 heterocycles. The highest BCUT2D eigenvalue weighted by molar-refractivity contribution is 7.46. The van der Waals surface area contributed by atoms with Crippen LogP contribution < -0.4 is 14.4 Å². The molecule has 15 heteroatoms. The average Bonchev–Trinajstić information content (AvgIpc) is 3.61. The van der Waals surface area contributed by atoms with Crippen LogP contribution in [0.3, 0.4) is 0 Å². The van der Waals surface area contributed by atoms with Crippen molar-refractivity contribution in [3.8, 4) is 11.8 Å². The predicted molar refractivity (Wildman–Crippen MR) is 198 cm³/mol. The number of aliphatic hydroxyl groups is 2. The summed E-state index contributed by atoms with van der Waals surface area (Å²) in [5.74, 6) is -1.92. The SMILES string of the molecule is CC(C)(C)NCC(O)c1ccc(C[n+]2cccc(C3O[C@@H]4CC5C6CC=C7CC(=O)C=C[C@]7(C)[C@@]6(F)[C@@H](O)C[C@]5(C)[C@]4(C(=O)CC#N)O3)c2)c(OP(=O)(O)O)c1. The van der Waals surface area contributed by atoms with Crippen molar-refractivity contribution >= 4 is 19.4 Å². The molecule has 2 saturated carbocycles. The van der Waals surface area contributed by atoms with Crippen LogP contribution in [-0.2, 0) is 30.2 Å². The van der Waals surface area contributed by atoms with Gasteiger partial charge >= 0.3 is 7.82 Å². The summed E-state index contributed by atoms with van der Waals surface area (Å²) in [6.45, 7) is 9.68. The van der Waals surface area contributed by atoms with Crippen LogP contribution in [0, 0.1) is 34.0 Å². The Morgan fingerprint density at radius 1 is 1.23 bits per heavy atom. The topological polar surface area (TPSA) is 200 Å². The number of phosphoric acid groups is 1. The van der Waals surface area contributed by atoms with E-state index in [2.05, 4.69) is 5.32 Å². The lowest BCUT2D eigenvalue weighted by molar-refractivity contribution is -0.689. The molecule has 1 aromatic carbocycles. The quantitative estimate of drug-likeness (QED) is 0.128. The maximum absolute atomic E-state index is 17.8. The number of aromatic nitrogens is 1. The molecular formula is C41H50FN3O10P+. The number of allylic oxidation sites excluding steroid dienone is 4. The molecule has 5 N–H and O–H groups in total. The lowest BCUT2D eigenvalue weighted by Gasteiger charge is -2.62. The summed E-state index contributed by atoms with van der Waals surface area (Å²) in [6, 6.07) is 10.1. The number of alkyl halides is 1. The van der Waals surface area contributed by atoms with Gasteiger partial charge in [-0.2, -0.15) is 5.26 Å². The Labute approximate surface area is 325 Å². The second kappa shape index (κ2) is 14.0. The van der Waals surface area contributed by atoms with Crippen molar-refractivity contribution in [3.63, 3.8) is 0 Å². The smallest absolute Gasteiger partial charge is 0.404 e. The fraction of sp³-hybridized carbons (Fsp3) is 0.561. The Bertz CT molecular complexity index is 2090. The van der Waals surface area contributed by atoms with Gasteiger partial charge in [0.1, 0.15) is 5.75 Å². The van der Waals surface area contributed by atoms with Gasteiger partial charge in [0.25, 0.3) is 0 Å². The van der Waals surface area contributed by atoms with E-state index in [9.17, 15) is 39.4 Å². The van der Waals surface area contributed by atoms with Crippen LogP contribution in [0.2, 0.25) is 0 Å². The summed E-state index contributed by atoms with van der Waals surface area (Å²) >= 11 is 0. The number of halogens is 1. The number of ether oxygens (including phenoxy) is 2. The number of hydrogen-bond acceptors (Lipinski definition) is 10. The summed E-state index contributed by atoms with van der Waals surface area (Å²) in [6.07, 6.45) is 3.85. The van der Waals surface area contributed by atoms with Gasteiger partial charge in [-0.25, -0.2) is 13.5 Å². The number of nitrogens with zero attached hydrogens (tertiary/aromatic N) is 2. The monoisotopic (exact) mass is 794 g/mol. The molecule has 4 aliphatic carbocycles. The normalized spacial score (nSPS) is 35.4. The first-order valence-corrected chi connectivity index (χ1v) is 20.5. The predicted octanol–water partition coefficient (Wildman–Crippen LogP) is 4.53. The van der Waals surface area contributed by atoms with Gasteiger partial charge in [-0.3, -0.25) is 19.4 Å². The van der Waals surface area contributed by atoms with Crippen LogP contribution in [0.15, 0.2) is 66.5 Å². The summed E-state index contributed by atoms with van der Waals surface area (Å²) < 4.78 is 49.9. The molecule has 1 saturated heterocycles. The second-order valence-electron chi connectivity index (χ2n) is 17.5. The largest absolute Gasteiger partial charge is 0.524 e. The molecule has 300 valence electrons. The fourth-order valence-electron chi connectivity index (χ4n) is 10.3. The van der Waals surface area contributed by atoms with Crippen molar-refractivity contribution in [3.05, 3.63) is 83.2 Å². The molecule has 56 heavy (non-hydrogen) atoms. The van der Waals surface area contributed by atoms with Crippen LogP contribution in [0.25, 0.3) is 0 Å². The number of Topliss-reactive ketones (excluding diaryl/α,β-unsaturated/α-hetero) is 1. The van der Waals surface area contributed by atoms with Crippen LogP contribution >= 0.6 is 7.82 Å². The van der Waals surface area contributed by atoms with E-state index in [0.717, 1.165) is 0 Å². The van der Waals surface area contributed by atoms with Crippen LogP contribution in [0.1, 0.15) is 95.8 Å². The van der Waals surface area contributed by atoms with Crippen molar-refractivity contribution in [2.24, 2.45) is 22.7 Å². The molecule has 7 rings (SSSR count). The van der Waals surface area contributed by atoms with E-state index in [1.54, 1.807) is 54.2 Å². The number of hydrogen-bond donors (Lipinski definition) is 5. The molecule has 13 nitrogen and oxygen atoms in total. The molecule has 0 radical (unpaired) electrons. The Morgan fingerprint density at radius 3 is 2.68 bits per heavy atom. The summed E-state index contributed by atoms with van der Waals surface area (Å²) in [7, 11) is -4.98. The van der Waals surface area contributed by atoms with E-state index in [1.165, 1.54) is 12.1 Å². The van der Waals surface area contributed by atoms with Crippen molar-refractivity contribution in [1.82, 2.24) is 5.32 Å². The number of fused-ring (bicyclic) bond motifs is 7. The number of benzene rings is 1. The Hall–Kier alpha value is -3.64. The molecule has 4 unspecified atom stereocenters. The lowest BCUT2D eigenvalue weighted by Crippen LogP contribution is -2.69. The first-order chi connectivity index (χ1) is 26.1. The first kappa shape index (κ1) is 40.6. The number of carbonyl (C=O) groups excluding carboxylic acids is 2. The highest BCUT2D eigenvalue weighted by Crippen LogP contribution is 2.72. The molecule has 3 fully saturated rings. The van der Waals surface area contributed by atoms with Crippen molar-refractivity contribution < 1.29 is 57.1 Å². The van der Waals surface area contributed by atoms with Crippen LogP contribution in [-0.4, -0.2) is 67.1 Å². The van der Waals surface area contributed by atoms with Gasteiger partial charge in [-0.1, -0.05) is 30.7 Å². The third-order valence-corrected chi connectivity index (χ3v) is 13.5. The van der Waals surface area contributed by atoms with Crippen LogP contribution in [0.5, 0.6) is 5.75 Å². The van der Waals surface area contributed by atoms with Gasteiger partial charge in [0.2, 0.25) is 0 Å². The number of nitrogens with one attached hydrogen (secondary N) is 1. The number of pyridine rings is 1. The zero-order chi connectivity index (χ0) is 40.6. The van der Waals surface area contributed by atoms with E-state index in [-0.39, 0.29) is 55.8 Å². The number of nitriles is 1. The van der Waals surface area contributed by atoms with E-state index in [4.69, 9.17) is 14.0 Å².